The topological polar surface area (TPSA) is 16.1 Å². The van der Waals surface area contributed by atoms with Gasteiger partial charge in [-0.25, -0.2) is 0 Å². The minimum absolute atomic E-state index is 0.443. The number of anilines is 1. The van der Waals surface area contributed by atoms with Crippen molar-refractivity contribution in [2.24, 2.45) is 0 Å². The van der Waals surface area contributed by atoms with Gasteiger partial charge < -0.3 is 4.90 Å². The van der Waals surface area contributed by atoms with Gasteiger partial charge in [0, 0.05) is 30.9 Å². The van der Waals surface area contributed by atoms with Crippen LogP contribution in [0.4, 0.5) is 5.69 Å². The van der Waals surface area contributed by atoms with Gasteiger partial charge in [-0.15, -0.1) is 0 Å². The average Bonchev–Trinajstić information content (AvgIpc) is 2.25. The van der Waals surface area contributed by atoms with Crippen molar-refractivity contribution in [1.29, 1.82) is 0 Å². The summed E-state index contributed by atoms with van der Waals surface area (Å²) in [5.41, 5.74) is 2.54. The third-order valence-corrected chi connectivity index (χ3v) is 3.59. The lowest BCUT2D eigenvalue weighted by Gasteiger charge is -2.18. The molecule has 2 nitrogen and oxygen atoms in total. The van der Waals surface area contributed by atoms with E-state index in [1.165, 1.54) is 0 Å². The van der Waals surface area contributed by atoms with Crippen molar-refractivity contribution >= 4 is 51.4 Å². The SMILES string of the molecule is Cc1cc(N(C)C)c2c(Cl)c(Cl)cc(Cl)c2n1. The zero-order chi connectivity index (χ0) is 12.7. The van der Waals surface area contributed by atoms with E-state index in [0.29, 0.717) is 20.6 Å². The summed E-state index contributed by atoms with van der Waals surface area (Å²) in [4.78, 5) is 6.39. The number of nitrogens with zero attached hydrogens (tertiary/aromatic N) is 2. The molecule has 0 spiro atoms. The molecule has 0 unspecified atom stereocenters. The first kappa shape index (κ1) is 12.7. The molecule has 0 saturated carbocycles. The largest absolute Gasteiger partial charge is 0.377 e. The lowest BCUT2D eigenvalue weighted by atomic mass is 10.1. The Hall–Kier alpha value is -0.700. The number of hydrogen-bond acceptors (Lipinski definition) is 2. The van der Waals surface area contributed by atoms with Crippen LogP contribution in [-0.4, -0.2) is 19.1 Å². The van der Waals surface area contributed by atoms with Crippen molar-refractivity contribution in [2.45, 2.75) is 6.92 Å². The molecule has 1 aromatic carbocycles. The number of fused-ring (bicyclic) bond motifs is 1. The van der Waals surface area contributed by atoms with Gasteiger partial charge in [-0.1, -0.05) is 34.8 Å². The molecule has 0 aliphatic heterocycles. The van der Waals surface area contributed by atoms with Crippen molar-refractivity contribution in [1.82, 2.24) is 4.98 Å². The molecule has 1 heterocycles. The van der Waals surface area contributed by atoms with E-state index in [4.69, 9.17) is 34.8 Å². The van der Waals surface area contributed by atoms with Crippen molar-refractivity contribution in [3.63, 3.8) is 0 Å². The highest BCUT2D eigenvalue weighted by Gasteiger charge is 2.15. The fourth-order valence-electron chi connectivity index (χ4n) is 1.76. The second kappa shape index (κ2) is 4.52. The van der Waals surface area contributed by atoms with Crippen LogP contribution in [-0.2, 0) is 0 Å². The summed E-state index contributed by atoms with van der Waals surface area (Å²) in [5, 5.41) is 2.24. The molecule has 17 heavy (non-hydrogen) atoms. The second-order valence-electron chi connectivity index (χ2n) is 4.05. The average molecular weight is 290 g/mol. The summed E-state index contributed by atoms with van der Waals surface area (Å²) >= 11 is 18.4. The van der Waals surface area contributed by atoms with Crippen LogP contribution in [0.5, 0.6) is 0 Å². The third-order valence-electron chi connectivity index (χ3n) is 2.52. The second-order valence-corrected chi connectivity index (χ2v) is 5.25. The van der Waals surface area contributed by atoms with E-state index in [2.05, 4.69) is 4.98 Å². The maximum atomic E-state index is 6.24. The molecule has 0 N–H and O–H groups in total. The van der Waals surface area contributed by atoms with Crippen molar-refractivity contribution < 1.29 is 0 Å². The lowest BCUT2D eigenvalue weighted by Crippen LogP contribution is -2.10. The molecule has 0 radical (unpaired) electrons. The number of halogens is 3. The van der Waals surface area contributed by atoms with Crippen LogP contribution in [0, 0.1) is 6.92 Å². The molecule has 2 rings (SSSR count). The van der Waals surface area contributed by atoms with E-state index < -0.39 is 0 Å². The summed E-state index contributed by atoms with van der Waals surface area (Å²) in [6.07, 6.45) is 0. The molecule has 1 aromatic heterocycles. The number of pyridine rings is 1. The normalized spacial score (nSPS) is 10.9. The zero-order valence-electron chi connectivity index (χ0n) is 9.68. The third kappa shape index (κ3) is 2.17. The molecule has 0 bridgehead atoms. The Morgan fingerprint density at radius 1 is 1.06 bits per heavy atom. The van der Waals surface area contributed by atoms with Gasteiger partial charge in [0.25, 0.3) is 0 Å². The first-order chi connectivity index (χ1) is 7.91. The van der Waals surface area contributed by atoms with Crippen LogP contribution in [0.2, 0.25) is 15.1 Å². The number of aromatic nitrogens is 1. The lowest BCUT2D eigenvalue weighted by molar-refractivity contribution is 1.12. The quantitative estimate of drug-likeness (QED) is 0.715. The molecule has 0 fully saturated rings. The Balaban J connectivity index is 2.99. The molecule has 0 aliphatic rings. The number of rotatable bonds is 1. The first-order valence-corrected chi connectivity index (χ1v) is 6.17. The summed E-state index contributed by atoms with van der Waals surface area (Å²) in [5.74, 6) is 0. The number of hydrogen-bond donors (Lipinski definition) is 0. The van der Waals surface area contributed by atoms with Crippen LogP contribution in [0.25, 0.3) is 10.9 Å². The Kier molecular flexibility index (Phi) is 3.39. The van der Waals surface area contributed by atoms with Crippen LogP contribution in [0.3, 0.4) is 0 Å². The zero-order valence-corrected chi connectivity index (χ0v) is 12.0. The van der Waals surface area contributed by atoms with Crippen LogP contribution >= 0.6 is 34.8 Å². The van der Waals surface area contributed by atoms with E-state index in [0.717, 1.165) is 16.8 Å². The van der Waals surface area contributed by atoms with Crippen molar-refractivity contribution in [3.05, 3.63) is 32.9 Å². The van der Waals surface area contributed by atoms with Crippen LogP contribution in [0.1, 0.15) is 5.69 Å². The highest BCUT2D eigenvalue weighted by atomic mass is 35.5. The number of aryl methyl sites for hydroxylation is 1. The van der Waals surface area contributed by atoms with Gasteiger partial charge in [-0.3, -0.25) is 4.98 Å². The maximum Gasteiger partial charge on any atom is 0.0928 e. The minimum atomic E-state index is 0.443. The molecular formula is C12H11Cl3N2. The van der Waals surface area contributed by atoms with Gasteiger partial charge in [0.05, 0.1) is 20.6 Å². The number of benzene rings is 1. The molecule has 5 heteroatoms. The van der Waals surface area contributed by atoms with E-state index in [1.807, 2.05) is 32.0 Å². The summed E-state index contributed by atoms with van der Waals surface area (Å²) in [6, 6.07) is 3.58. The van der Waals surface area contributed by atoms with Gasteiger partial charge in [0.2, 0.25) is 0 Å². The Morgan fingerprint density at radius 3 is 2.29 bits per heavy atom. The highest BCUT2D eigenvalue weighted by molar-refractivity contribution is 6.48. The maximum absolute atomic E-state index is 6.24. The van der Waals surface area contributed by atoms with E-state index in [-0.39, 0.29) is 0 Å². The van der Waals surface area contributed by atoms with Crippen molar-refractivity contribution in [3.8, 4) is 0 Å². The molecule has 0 amide bonds. The fourth-order valence-corrected chi connectivity index (χ4v) is 2.51. The van der Waals surface area contributed by atoms with E-state index in [1.54, 1.807) is 6.07 Å². The highest BCUT2D eigenvalue weighted by Crippen LogP contribution is 2.39. The minimum Gasteiger partial charge on any atom is -0.377 e. The molecule has 90 valence electrons. The van der Waals surface area contributed by atoms with Crippen molar-refractivity contribution in [2.75, 3.05) is 19.0 Å². The standard InChI is InChI=1S/C12H11Cl3N2/c1-6-4-9(17(2)3)10-11(15)7(13)5-8(14)12(10)16-6/h4-5H,1-3H3. The predicted octanol–water partition coefficient (Wildman–Crippen LogP) is 4.57. The van der Waals surface area contributed by atoms with Gasteiger partial charge in [0.1, 0.15) is 0 Å². The van der Waals surface area contributed by atoms with Crippen LogP contribution < -0.4 is 4.90 Å². The first-order valence-electron chi connectivity index (χ1n) is 5.04. The fraction of sp³-hybridized carbons (Fsp3) is 0.250. The molecule has 2 aromatic rings. The van der Waals surface area contributed by atoms with Gasteiger partial charge in [-0.05, 0) is 19.1 Å². The van der Waals surface area contributed by atoms with Gasteiger partial charge in [-0.2, -0.15) is 0 Å². The molecule has 0 atom stereocenters. The van der Waals surface area contributed by atoms with Gasteiger partial charge in [0.15, 0.2) is 0 Å². The predicted molar refractivity (Wildman–Crippen MR) is 75.8 cm³/mol. The smallest absolute Gasteiger partial charge is 0.0928 e. The molecule has 0 saturated heterocycles. The Labute approximate surface area is 115 Å². The monoisotopic (exact) mass is 288 g/mol. The molecular weight excluding hydrogens is 279 g/mol. The van der Waals surface area contributed by atoms with E-state index in [9.17, 15) is 0 Å². The summed E-state index contributed by atoms with van der Waals surface area (Å²) in [6.45, 7) is 1.92. The van der Waals surface area contributed by atoms with Gasteiger partial charge >= 0.3 is 0 Å². The van der Waals surface area contributed by atoms with E-state index >= 15 is 0 Å². The summed E-state index contributed by atoms with van der Waals surface area (Å²) in [7, 11) is 3.89. The van der Waals surface area contributed by atoms with Crippen LogP contribution in [0.15, 0.2) is 12.1 Å². The Morgan fingerprint density at radius 2 is 1.71 bits per heavy atom. The molecule has 0 aliphatic carbocycles. The Bertz CT molecular complexity index is 594. The summed E-state index contributed by atoms with van der Waals surface area (Å²) < 4.78 is 0.